The largest absolute Gasteiger partial charge is 0.313 e. The summed E-state index contributed by atoms with van der Waals surface area (Å²) < 4.78 is 0. The summed E-state index contributed by atoms with van der Waals surface area (Å²) in [5, 5.41) is 3.58. The molecule has 2 heteroatoms. The molecule has 0 aromatic carbocycles. The quantitative estimate of drug-likeness (QED) is 0.775. The van der Waals surface area contributed by atoms with Crippen LogP contribution >= 0.6 is 0 Å². The lowest BCUT2D eigenvalue weighted by Gasteiger charge is -2.23. The molecule has 1 rings (SSSR count). The van der Waals surface area contributed by atoms with Crippen LogP contribution in [-0.4, -0.2) is 37.1 Å². The second kappa shape index (κ2) is 6.61. The molecule has 0 saturated carbocycles. The third-order valence-corrected chi connectivity index (χ3v) is 3.97. The van der Waals surface area contributed by atoms with Crippen molar-refractivity contribution in [2.24, 2.45) is 5.41 Å². The Balaban J connectivity index is 2.18. The van der Waals surface area contributed by atoms with E-state index in [1.165, 1.54) is 45.3 Å². The van der Waals surface area contributed by atoms with Crippen molar-refractivity contribution >= 4 is 0 Å². The van der Waals surface area contributed by atoms with E-state index in [9.17, 15) is 0 Å². The number of nitrogens with one attached hydrogen (secondary N) is 1. The van der Waals surface area contributed by atoms with Gasteiger partial charge in [-0.2, -0.15) is 0 Å². The SMILES string of the molecule is CCC(C)NCCN1CCCC(C)(C)CC1. The zero-order valence-corrected chi connectivity index (χ0v) is 11.7. The summed E-state index contributed by atoms with van der Waals surface area (Å²) in [6.07, 6.45) is 5.35. The van der Waals surface area contributed by atoms with Gasteiger partial charge in [-0.3, -0.25) is 0 Å². The minimum Gasteiger partial charge on any atom is -0.313 e. The average molecular weight is 226 g/mol. The van der Waals surface area contributed by atoms with Gasteiger partial charge < -0.3 is 10.2 Å². The van der Waals surface area contributed by atoms with E-state index in [1.54, 1.807) is 0 Å². The monoisotopic (exact) mass is 226 g/mol. The lowest BCUT2D eigenvalue weighted by Crippen LogP contribution is -2.36. The van der Waals surface area contributed by atoms with Gasteiger partial charge >= 0.3 is 0 Å². The average Bonchev–Trinajstić information content (AvgIpc) is 2.40. The summed E-state index contributed by atoms with van der Waals surface area (Å²) in [6.45, 7) is 14.3. The van der Waals surface area contributed by atoms with Crippen molar-refractivity contribution in [3.63, 3.8) is 0 Å². The number of likely N-dealkylation sites (tertiary alicyclic amines) is 1. The summed E-state index contributed by atoms with van der Waals surface area (Å²) in [4.78, 5) is 2.63. The fraction of sp³-hybridized carbons (Fsp3) is 1.00. The van der Waals surface area contributed by atoms with Gasteiger partial charge in [-0.05, 0) is 51.1 Å². The first-order chi connectivity index (χ1) is 7.53. The highest BCUT2D eigenvalue weighted by molar-refractivity contribution is 4.76. The summed E-state index contributed by atoms with van der Waals surface area (Å²) >= 11 is 0. The minimum absolute atomic E-state index is 0.568. The molecule has 2 nitrogen and oxygen atoms in total. The van der Waals surface area contributed by atoms with Gasteiger partial charge in [0, 0.05) is 19.1 Å². The van der Waals surface area contributed by atoms with Crippen LogP contribution in [0.2, 0.25) is 0 Å². The Kier molecular flexibility index (Phi) is 5.77. The molecule has 1 fully saturated rings. The molecule has 0 amide bonds. The van der Waals surface area contributed by atoms with E-state index in [1.807, 2.05) is 0 Å². The predicted octanol–water partition coefficient (Wildman–Crippen LogP) is 2.89. The van der Waals surface area contributed by atoms with Crippen LogP contribution in [0.25, 0.3) is 0 Å². The van der Waals surface area contributed by atoms with Crippen molar-refractivity contribution in [2.45, 2.75) is 59.4 Å². The van der Waals surface area contributed by atoms with Crippen LogP contribution in [0, 0.1) is 5.41 Å². The first kappa shape index (κ1) is 14.0. The second-order valence-corrected chi connectivity index (χ2v) is 6.12. The zero-order valence-electron chi connectivity index (χ0n) is 11.7. The maximum absolute atomic E-state index is 3.58. The van der Waals surface area contributed by atoms with E-state index in [0.717, 1.165) is 6.54 Å². The molecular weight excluding hydrogens is 196 g/mol. The topological polar surface area (TPSA) is 15.3 Å². The summed E-state index contributed by atoms with van der Waals surface area (Å²) in [7, 11) is 0. The standard InChI is InChI=1S/C14H30N2/c1-5-13(2)15-9-12-16-10-6-7-14(3,4)8-11-16/h13,15H,5-12H2,1-4H3. The molecule has 0 radical (unpaired) electrons. The molecule has 96 valence electrons. The van der Waals surface area contributed by atoms with E-state index < -0.39 is 0 Å². The highest BCUT2D eigenvalue weighted by Crippen LogP contribution is 2.29. The second-order valence-electron chi connectivity index (χ2n) is 6.12. The molecule has 1 saturated heterocycles. The van der Waals surface area contributed by atoms with Gasteiger partial charge in [-0.15, -0.1) is 0 Å². The molecule has 0 spiro atoms. The molecule has 1 aliphatic heterocycles. The molecule has 16 heavy (non-hydrogen) atoms. The van der Waals surface area contributed by atoms with Crippen LogP contribution in [0.4, 0.5) is 0 Å². The van der Waals surface area contributed by atoms with Crippen molar-refractivity contribution < 1.29 is 0 Å². The Labute approximate surface area is 102 Å². The van der Waals surface area contributed by atoms with E-state index in [4.69, 9.17) is 0 Å². The van der Waals surface area contributed by atoms with Crippen molar-refractivity contribution in [1.82, 2.24) is 10.2 Å². The van der Waals surface area contributed by atoms with E-state index in [0.29, 0.717) is 11.5 Å². The molecular formula is C14H30N2. The van der Waals surface area contributed by atoms with Gasteiger partial charge in [-0.1, -0.05) is 20.8 Å². The number of rotatable bonds is 5. The first-order valence-electron chi connectivity index (χ1n) is 6.99. The van der Waals surface area contributed by atoms with Crippen molar-refractivity contribution in [3.8, 4) is 0 Å². The molecule has 1 N–H and O–H groups in total. The third-order valence-electron chi connectivity index (χ3n) is 3.97. The highest BCUT2D eigenvalue weighted by Gasteiger charge is 2.22. The number of hydrogen-bond acceptors (Lipinski definition) is 2. The molecule has 1 unspecified atom stereocenters. The Morgan fingerprint density at radius 2 is 2.00 bits per heavy atom. The molecule has 0 bridgehead atoms. The molecule has 0 aromatic heterocycles. The first-order valence-corrected chi connectivity index (χ1v) is 6.99. The summed E-state index contributed by atoms with van der Waals surface area (Å²) in [6, 6.07) is 0.670. The fourth-order valence-electron chi connectivity index (χ4n) is 2.32. The van der Waals surface area contributed by atoms with Crippen molar-refractivity contribution in [3.05, 3.63) is 0 Å². The number of hydrogen-bond donors (Lipinski definition) is 1. The Morgan fingerprint density at radius 3 is 2.69 bits per heavy atom. The van der Waals surface area contributed by atoms with Gasteiger partial charge in [0.2, 0.25) is 0 Å². The van der Waals surface area contributed by atoms with Gasteiger partial charge in [0.1, 0.15) is 0 Å². The van der Waals surface area contributed by atoms with Gasteiger partial charge in [-0.25, -0.2) is 0 Å². The minimum atomic E-state index is 0.568. The summed E-state index contributed by atoms with van der Waals surface area (Å²) in [5.74, 6) is 0. The van der Waals surface area contributed by atoms with Crippen LogP contribution in [0.5, 0.6) is 0 Å². The van der Waals surface area contributed by atoms with Crippen molar-refractivity contribution in [2.75, 3.05) is 26.2 Å². The Bertz CT molecular complexity index is 189. The van der Waals surface area contributed by atoms with Gasteiger partial charge in [0.15, 0.2) is 0 Å². The fourth-order valence-corrected chi connectivity index (χ4v) is 2.32. The predicted molar refractivity (Wildman–Crippen MR) is 71.8 cm³/mol. The van der Waals surface area contributed by atoms with E-state index >= 15 is 0 Å². The normalized spacial score (nSPS) is 24.0. The maximum atomic E-state index is 3.58. The molecule has 0 aromatic rings. The third kappa shape index (κ3) is 5.31. The van der Waals surface area contributed by atoms with Gasteiger partial charge in [0.05, 0.1) is 0 Å². The van der Waals surface area contributed by atoms with Crippen LogP contribution in [0.1, 0.15) is 53.4 Å². The van der Waals surface area contributed by atoms with Crippen LogP contribution in [0.3, 0.4) is 0 Å². The molecule has 1 heterocycles. The Hall–Kier alpha value is -0.0800. The Morgan fingerprint density at radius 1 is 1.25 bits per heavy atom. The van der Waals surface area contributed by atoms with Crippen LogP contribution in [-0.2, 0) is 0 Å². The number of nitrogens with zero attached hydrogens (tertiary/aromatic N) is 1. The van der Waals surface area contributed by atoms with Gasteiger partial charge in [0.25, 0.3) is 0 Å². The highest BCUT2D eigenvalue weighted by atomic mass is 15.1. The lowest BCUT2D eigenvalue weighted by atomic mass is 9.85. The van der Waals surface area contributed by atoms with Crippen LogP contribution in [0.15, 0.2) is 0 Å². The maximum Gasteiger partial charge on any atom is 0.0107 e. The summed E-state index contributed by atoms with van der Waals surface area (Å²) in [5.41, 5.74) is 0.568. The van der Waals surface area contributed by atoms with E-state index in [-0.39, 0.29) is 0 Å². The molecule has 0 aliphatic carbocycles. The molecule has 1 aliphatic rings. The van der Waals surface area contributed by atoms with E-state index in [2.05, 4.69) is 37.9 Å². The molecule has 1 atom stereocenters. The smallest absolute Gasteiger partial charge is 0.0107 e. The lowest BCUT2D eigenvalue weighted by molar-refractivity contribution is 0.259. The van der Waals surface area contributed by atoms with Crippen LogP contribution < -0.4 is 5.32 Å². The van der Waals surface area contributed by atoms with Crippen molar-refractivity contribution in [1.29, 1.82) is 0 Å². The zero-order chi connectivity index (χ0) is 12.0.